The first-order valence-electron chi connectivity index (χ1n) is 6.72. The van der Waals surface area contributed by atoms with Crippen molar-refractivity contribution < 1.29 is 20.1 Å². The lowest BCUT2D eigenvalue weighted by atomic mass is 10.0. The van der Waals surface area contributed by atoms with Gasteiger partial charge in [-0.15, -0.1) is 0 Å². The molecule has 8 nitrogen and oxygen atoms in total. The molecule has 1 amide bonds. The number of hydrogen-bond acceptors (Lipinski definition) is 6. The first-order valence-corrected chi connectivity index (χ1v) is 6.72. The first kappa shape index (κ1) is 15.6. The van der Waals surface area contributed by atoms with E-state index in [1.807, 2.05) is 0 Å². The van der Waals surface area contributed by atoms with Gasteiger partial charge < -0.3 is 25.6 Å². The Labute approximate surface area is 120 Å². The van der Waals surface area contributed by atoms with Gasteiger partial charge in [-0.1, -0.05) is 0 Å². The highest BCUT2D eigenvalue weighted by molar-refractivity contribution is 5.95. The van der Waals surface area contributed by atoms with E-state index in [0.717, 1.165) is 12.8 Å². The number of carbonyl (C=O) groups excluding carboxylic acids is 1. The second kappa shape index (κ2) is 5.92. The van der Waals surface area contributed by atoms with Crippen LogP contribution in [0.15, 0.2) is 4.79 Å². The van der Waals surface area contributed by atoms with Gasteiger partial charge in [-0.3, -0.25) is 9.59 Å². The van der Waals surface area contributed by atoms with Gasteiger partial charge in [0.25, 0.3) is 11.5 Å². The minimum Gasteiger partial charge on any atom is -0.394 e. The van der Waals surface area contributed by atoms with Gasteiger partial charge in [-0.2, -0.15) is 0 Å². The minimum absolute atomic E-state index is 0.181. The zero-order chi connectivity index (χ0) is 15.6. The van der Waals surface area contributed by atoms with Crippen molar-refractivity contribution in [2.75, 3.05) is 19.8 Å². The zero-order valence-corrected chi connectivity index (χ0v) is 11.7. The zero-order valence-electron chi connectivity index (χ0n) is 11.7. The second-order valence-corrected chi connectivity index (χ2v) is 5.39. The van der Waals surface area contributed by atoms with Crippen LogP contribution in [-0.2, 0) is 0 Å². The molecular weight excluding hydrogens is 278 g/mol. The van der Waals surface area contributed by atoms with E-state index in [9.17, 15) is 24.9 Å². The number of amides is 1. The SMILES string of the molecule is Cc1nc(C2CC2)[nH]c(=O)c1C(=O)NC(CO)(CO)CO. The molecule has 1 saturated carbocycles. The number of aryl methyl sites for hydroxylation is 1. The Morgan fingerprint density at radius 2 is 1.90 bits per heavy atom. The summed E-state index contributed by atoms with van der Waals surface area (Å²) in [4.78, 5) is 31.0. The largest absolute Gasteiger partial charge is 0.394 e. The third-order valence-corrected chi connectivity index (χ3v) is 3.60. The predicted molar refractivity (Wildman–Crippen MR) is 73.0 cm³/mol. The molecule has 0 aliphatic heterocycles. The number of hydrogen-bond donors (Lipinski definition) is 5. The molecule has 1 fully saturated rings. The smallest absolute Gasteiger partial charge is 0.264 e. The van der Waals surface area contributed by atoms with Crippen molar-refractivity contribution in [3.8, 4) is 0 Å². The Morgan fingerprint density at radius 3 is 2.33 bits per heavy atom. The van der Waals surface area contributed by atoms with E-state index in [4.69, 9.17) is 0 Å². The summed E-state index contributed by atoms with van der Waals surface area (Å²) >= 11 is 0. The van der Waals surface area contributed by atoms with Crippen LogP contribution in [0.5, 0.6) is 0 Å². The number of aliphatic hydroxyl groups is 3. The summed E-state index contributed by atoms with van der Waals surface area (Å²) < 4.78 is 0. The number of aromatic nitrogens is 2. The van der Waals surface area contributed by atoms with Crippen molar-refractivity contribution >= 4 is 5.91 Å². The molecule has 0 aromatic carbocycles. The highest BCUT2D eigenvalue weighted by Crippen LogP contribution is 2.37. The fraction of sp³-hybridized carbons (Fsp3) is 0.615. The van der Waals surface area contributed by atoms with Crippen molar-refractivity contribution in [1.29, 1.82) is 0 Å². The molecule has 0 unspecified atom stereocenters. The number of carbonyl (C=O) groups is 1. The highest BCUT2D eigenvalue weighted by atomic mass is 16.3. The van der Waals surface area contributed by atoms with E-state index < -0.39 is 36.8 Å². The molecule has 1 aliphatic carbocycles. The lowest BCUT2D eigenvalue weighted by Crippen LogP contribution is -2.57. The first-order chi connectivity index (χ1) is 9.96. The van der Waals surface area contributed by atoms with Crippen molar-refractivity contribution in [1.82, 2.24) is 15.3 Å². The summed E-state index contributed by atoms with van der Waals surface area (Å²) in [6, 6.07) is 0. The Balaban J connectivity index is 2.29. The van der Waals surface area contributed by atoms with Crippen LogP contribution in [0.1, 0.15) is 40.6 Å². The van der Waals surface area contributed by atoms with Crippen molar-refractivity contribution in [3.05, 3.63) is 27.4 Å². The Bertz CT molecular complexity index is 582. The number of nitrogens with one attached hydrogen (secondary N) is 2. The lowest BCUT2D eigenvalue weighted by Gasteiger charge is -2.28. The summed E-state index contributed by atoms with van der Waals surface area (Å²) in [7, 11) is 0. The fourth-order valence-electron chi connectivity index (χ4n) is 2.00. The average Bonchev–Trinajstić information content (AvgIpc) is 3.28. The van der Waals surface area contributed by atoms with Gasteiger partial charge in [0.2, 0.25) is 0 Å². The molecule has 0 radical (unpaired) electrons. The molecule has 2 rings (SSSR count). The number of H-pyrrole nitrogens is 1. The maximum Gasteiger partial charge on any atom is 0.264 e. The van der Waals surface area contributed by atoms with Gasteiger partial charge in [0, 0.05) is 5.92 Å². The van der Waals surface area contributed by atoms with Gasteiger partial charge in [0.15, 0.2) is 0 Å². The van der Waals surface area contributed by atoms with E-state index in [1.165, 1.54) is 0 Å². The molecule has 0 atom stereocenters. The monoisotopic (exact) mass is 297 g/mol. The van der Waals surface area contributed by atoms with Gasteiger partial charge in [-0.25, -0.2) is 4.98 Å². The molecule has 0 spiro atoms. The minimum atomic E-state index is -1.58. The van der Waals surface area contributed by atoms with Crippen LogP contribution in [-0.4, -0.2) is 56.6 Å². The maximum atomic E-state index is 12.2. The molecule has 21 heavy (non-hydrogen) atoms. The average molecular weight is 297 g/mol. The molecule has 5 N–H and O–H groups in total. The van der Waals surface area contributed by atoms with Crippen molar-refractivity contribution in [3.63, 3.8) is 0 Å². The number of nitrogens with zero attached hydrogens (tertiary/aromatic N) is 1. The topological polar surface area (TPSA) is 136 Å². The number of aliphatic hydroxyl groups excluding tert-OH is 3. The standard InChI is InChI=1S/C13H19N3O5/c1-7-9(11(20)15-10(14-7)8-2-3-8)12(21)16-13(4-17,5-18)6-19/h8,17-19H,2-6H2,1H3,(H,16,21)(H,14,15,20). The second-order valence-electron chi connectivity index (χ2n) is 5.39. The van der Waals surface area contributed by atoms with Crippen molar-refractivity contribution in [2.45, 2.75) is 31.2 Å². The molecule has 0 saturated heterocycles. The van der Waals surface area contributed by atoms with Crippen LogP contribution in [0.4, 0.5) is 0 Å². The summed E-state index contributed by atoms with van der Waals surface area (Å²) in [6.45, 7) is -0.419. The lowest BCUT2D eigenvalue weighted by molar-refractivity contribution is 0.0374. The Kier molecular flexibility index (Phi) is 4.40. The third kappa shape index (κ3) is 3.12. The van der Waals surface area contributed by atoms with Crippen LogP contribution in [0, 0.1) is 6.92 Å². The quantitative estimate of drug-likeness (QED) is 0.429. The van der Waals surface area contributed by atoms with Gasteiger partial charge in [0.1, 0.15) is 16.9 Å². The van der Waals surface area contributed by atoms with Crippen LogP contribution < -0.4 is 10.9 Å². The fourth-order valence-corrected chi connectivity index (χ4v) is 2.00. The van der Waals surface area contributed by atoms with Crippen LogP contribution >= 0.6 is 0 Å². The number of aromatic amines is 1. The highest BCUT2D eigenvalue weighted by Gasteiger charge is 2.33. The summed E-state index contributed by atoms with van der Waals surface area (Å²) in [5.41, 5.74) is -2.05. The summed E-state index contributed by atoms with van der Waals surface area (Å²) in [5, 5.41) is 29.9. The molecule has 1 aromatic rings. The van der Waals surface area contributed by atoms with Gasteiger partial charge in [-0.05, 0) is 19.8 Å². The molecule has 116 valence electrons. The predicted octanol–water partition coefficient (Wildman–Crippen LogP) is -1.60. The molecule has 0 bridgehead atoms. The number of rotatable bonds is 6. The van der Waals surface area contributed by atoms with Crippen molar-refractivity contribution in [2.24, 2.45) is 0 Å². The van der Waals surface area contributed by atoms with E-state index in [1.54, 1.807) is 6.92 Å². The van der Waals surface area contributed by atoms with E-state index in [2.05, 4.69) is 15.3 Å². The van der Waals surface area contributed by atoms with Gasteiger partial charge in [0.05, 0.1) is 25.5 Å². The van der Waals surface area contributed by atoms with E-state index in [-0.39, 0.29) is 17.2 Å². The molecule has 8 heteroatoms. The molecular formula is C13H19N3O5. The van der Waals surface area contributed by atoms with Crippen LogP contribution in [0.3, 0.4) is 0 Å². The van der Waals surface area contributed by atoms with E-state index >= 15 is 0 Å². The van der Waals surface area contributed by atoms with Crippen LogP contribution in [0.2, 0.25) is 0 Å². The normalized spacial score (nSPS) is 15.0. The molecule has 1 aromatic heterocycles. The van der Waals surface area contributed by atoms with Crippen LogP contribution in [0.25, 0.3) is 0 Å². The molecule has 1 aliphatic rings. The van der Waals surface area contributed by atoms with E-state index in [0.29, 0.717) is 5.82 Å². The Hall–Kier alpha value is -1.77. The van der Waals surface area contributed by atoms with Gasteiger partial charge >= 0.3 is 0 Å². The summed E-state index contributed by atoms with van der Waals surface area (Å²) in [5.74, 6) is 0.0347. The summed E-state index contributed by atoms with van der Waals surface area (Å²) in [6.07, 6.45) is 1.94. The Morgan fingerprint density at radius 1 is 1.33 bits per heavy atom. The molecule has 1 heterocycles. The maximum absolute atomic E-state index is 12.2. The third-order valence-electron chi connectivity index (χ3n) is 3.60.